The highest BCUT2D eigenvalue weighted by atomic mass is 16.5. The lowest BCUT2D eigenvalue weighted by Gasteiger charge is -2.43. The first-order chi connectivity index (χ1) is 10.1. The van der Waals surface area contributed by atoms with Gasteiger partial charge in [-0.1, -0.05) is 26.2 Å². The zero-order valence-corrected chi connectivity index (χ0v) is 13.2. The van der Waals surface area contributed by atoms with Gasteiger partial charge in [0.25, 0.3) is 0 Å². The van der Waals surface area contributed by atoms with Gasteiger partial charge in [-0.15, -0.1) is 0 Å². The van der Waals surface area contributed by atoms with Gasteiger partial charge in [-0.05, 0) is 38.5 Å². The minimum absolute atomic E-state index is 0.0207. The van der Waals surface area contributed by atoms with E-state index in [9.17, 15) is 9.90 Å². The molecule has 1 saturated carbocycles. The van der Waals surface area contributed by atoms with Gasteiger partial charge in [-0.3, -0.25) is 0 Å². The van der Waals surface area contributed by atoms with E-state index in [1.165, 1.54) is 19.3 Å². The van der Waals surface area contributed by atoms with Crippen LogP contribution in [-0.2, 0) is 4.74 Å². The summed E-state index contributed by atoms with van der Waals surface area (Å²) in [7, 11) is 0. The van der Waals surface area contributed by atoms with E-state index in [0.717, 1.165) is 38.7 Å². The van der Waals surface area contributed by atoms with Crippen LogP contribution in [0.15, 0.2) is 0 Å². The molecule has 1 aliphatic heterocycles. The van der Waals surface area contributed by atoms with Crippen LogP contribution in [0.3, 0.4) is 0 Å². The summed E-state index contributed by atoms with van der Waals surface area (Å²) < 4.78 is 6.04. The summed E-state index contributed by atoms with van der Waals surface area (Å²) in [5.41, 5.74) is 0.0207. The Balaban J connectivity index is 1.70. The normalized spacial score (nSPS) is 26.3. The third-order valence-corrected chi connectivity index (χ3v) is 4.83. The fourth-order valence-electron chi connectivity index (χ4n) is 3.49. The van der Waals surface area contributed by atoms with Crippen molar-refractivity contribution in [3.05, 3.63) is 0 Å². The average Bonchev–Trinajstić information content (AvgIpc) is 2.48. The summed E-state index contributed by atoms with van der Waals surface area (Å²) >= 11 is 0. The first-order valence-corrected chi connectivity index (χ1v) is 8.50. The molecule has 2 aliphatic rings. The molecule has 5 heteroatoms. The lowest BCUT2D eigenvalue weighted by Crippen LogP contribution is -2.51. The van der Waals surface area contributed by atoms with Crippen LogP contribution in [0.4, 0.5) is 4.79 Å². The first-order valence-electron chi connectivity index (χ1n) is 8.50. The van der Waals surface area contributed by atoms with Crippen molar-refractivity contribution in [3.8, 4) is 0 Å². The summed E-state index contributed by atoms with van der Waals surface area (Å²) in [6.45, 7) is 3.21. The summed E-state index contributed by atoms with van der Waals surface area (Å²) in [4.78, 5) is 11.9. The number of carbonyl (C=O) groups is 1. The summed E-state index contributed by atoms with van der Waals surface area (Å²) in [6.07, 6.45) is 8.92. The van der Waals surface area contributed by atoms with E-state index in [0.29, 0.717) is 13.0 Å². The van der Waals surface area contributed by atoms with Crippen LogP contribution in [0, 0.1) is 0 Å². The number of nitrogens with one attached hydrogen (secondary N) is 2. The van der Waals surface area contributed by atoms with Gasteiger partial charge in [-0.2, -0.15) is 0 Å². The number of urea groups is 1. The molecule has 21 heavy (non-hydrogen) atoms. The number of aliphatic hydroxyl groups excluding tert-OH is 1. The molecule has 0 aromatic rings. The van der Waals surface area contributed by atoms with Gasteiger partial charge in [0.05, 0.1) is 11.7 Å². The second-order valence-corrected chi connectivity index (χ2v) is 6.53. The Morgan fingerprint density at radius 1 is 1.38 bits per heavy atom. The summed E-state index contributed by atoms with van der Waals surface area (Å²) in [5.74, 6) is 0. The molecule has 2 fully saturated rings. The maximum absolute atomic E-state index is 11.9. The molecule has 2 unspecified atom stereocenters. The second-order valence-electron chi connectivity index (χ2n) is 6.53. The molecule has 0 aromatic heterocycles. The van der Waals surface area contributed by atoms with E-state index in [4.69, 9.17) is 4.74 Å². The van der Waals surface area contributed by atoms with Crippen LogP contribution >= 0.6 is 0 Å². The summed E-state index contributed by atoms with van der Waals surface area (Å²) in [5, 5.41) is 15.4. The van der Waals surface area contributed by atoms with Crippen molar-refractivity contribution in [2.24, 2.45) is 0 Å². The van der Waals surface area contributed by atoms with Crippen molar-refractivity contribution in [2.75, 3.05) is 13.2 Å². The van der Waals surface area contributed by atoms with E-state index in [2.05, 4.69) is 10.6 Å². The molecule has 3 N–H and O–H groups in total. The van der Waals surface area contributed by atoms with E-state index in [1.807, 2.05) is 6.92 Å². The molecule has 122 valence electrons. The molecule has 0 bridgehead atoms. The molecule has 1 saturated heterocycles. The highest BCUT2D eigenvalue weighted by Gasteiger charge is 2.38. The lowest BCUT2D eigenvalue weighted by molar-refractivity contribution is -0.107. The number of hydrogen-bond acceptors (Lipinski definition) is 3. The Morgan fingerprint density at radius 3 is 2.86 bits per heavy atom. The van der Waals surface area contributed by atoms with Crippen LogP contribution in [0.2, 0.25) is 0 Å². The third-order valence-electron chi connectivity index (χ3n) is 4.83. The smallest absolute Gasteiger partial charge is 0.315 e. The molecule has 0 aromatic carbocycles. The highest BCUT2D eigenvalue weighted by Crippen LogP contribution is 2.38. The van der Waals surface area contributed by atoms with Crippen LogP contribution in [-0.4, -0.2) is 42.0 Å². The van der Waals surface area contributed by atoms with Crippen molar-refractivity contribution >= 4 is 6.03 Å². The molecule has 1 aliphatic carbocycles. The average molecular weight is 298 g/mol. The van der Waals surface area contributed by atoms with E-state index >= 15 is 0 Å². The van der Waals surface area contributed by atoms with E-state index < -0.39 is 0 Å². The maximum atomic E-state index is 11.9. The largest absolute Gasteiger partial charge is 0.393 e. The molecule has 0 radical (unpaired) electrons. The molecule has 1 spiro atoms. The Bertz CT molecular complexity index is 324. The zero-order chi connectivity index (χ0) is 15.1. The molecule has 5 nitrogen and oxygen atoms in total. The molecular weight excluding hydrogens is 268 g/mol. The van der Waals surface area contributed by atoms with Gasteiger partial charge < -0.3 is 20.5 Å². The molecular formula is C16H30N2O3. The Morgan fingerprint density at radius 2 is 2.14 bits per heavy atom. The zero-order valence-electron chi connectivity index (χ0n) is 13.2. The van der Waals surface area contributed by atoms with Crippen LogP contribution in [0.1, 0.15) is 64.7 Å². The maximum Gasteiger partial charge on any atom is 0.315 e. The third kappa shape index (κ3) is 5.15. The van der Waals surface area contributed by atoms with Crippen molar-refractivity contribution < 1.29 is 14.6 Å². The van der Waals surface area contributed by atoms with Gasteiger partial charge in [0.15, 0.2) is 0 Å². The first kappa shape index (κ1) is 16.6. The quantitative estimate of drug-likeness (QED) is 0.729. The predicted molar refractivity (Wildman–Crippen MR) is 82.2 cm³/mol. The number of carbonyl (C=O) groups excluding carboxylic acids is 1. The fraction of sp³-hybridized carbons (Fsp3) is 0.938. The van der Waals surface area contributed by atoms with Crippen molar-refractivity contribution in [1.29, 1.82) is 0 Å². The van der Waals surface area contributed by atoms with Crippen LogP contribution < -0.4 is 10.6 Å². The number of hydrogen-bond donors (Lipinski definition) is 3. The van der Waals surface area contributed by atoms with Crippen LogP contribution in [0.5, 0.6) is 0 Å². The number of amides is 2. The summed E-state index contributed by atoms with van der Waals surface area (Å²) in [6, 6.07) is 0.101. The number of aliphatic hydroxyl groups is 1. The Kier molecular flexibility index (Phi) is 6.30. The Hall–Kier alpha value is -0.810. The fourth-order valence-corrected chi connectivity index (χ4v) is 3.49. The minimum atomic E-state index is -0.320. The van der Waals surface area contributed by atoms with Crippen molar-refractivity contribution in [2.45, 2.75) is 82.5 Å². The highest BCUT2D eigenvalue weighted by molar-refractivity contribution is 5.74. The predicted octanol–water partition coefficient (Wildman–Crippen LogP) is 2.33. The van der Waals surface area contributed by atoms with Crippen molar-refractivity contribution in [3.63, 3.8) is 0 Å². The lowest BCUT2D eigenvalue weighted by atomic mass is 9.78. The topological polar surface area (TPSA) is 70.6 Å². The Labute approximate surface area is 127 Å². The van der Waals surface area contributed by atoms with Gasteiger partial charge >= 0.3 is 6.03 Å². The molecule has 2 rings (SSSR count). The standard InChI is InChI=1S/C16H30N2O3/c1-2-14(19)6-10-17-15(20)18-13-7-11-21-16(12-13)8-4-3-5-9-16/h13-14,19H,2-12H2,1H3,(H2,17,18,20). The second kappa shape index (κ2) is 7.99. The van der Waals surface area contributed by atoms with Gasteiger partial charge in [0.2, 0.25) is 0 Å². The molecule has 1 heterocycles. The van der Waals surface area contributed by atoms with Gasteiger partial charge in [0.1, 0.15) is 0 Å². The number of rotatable bonds is 5. The van der Waals surface area contributed by atoms with Gasteiger partial charge in [0, 0.05) is 19.2 Å². The van der Waals surface area contributed by atoms with Gasteiger partial charge in [-0.25, -0.2) is 4.79 Å². The van der Waals surface area contributed by atoms with E-state index in [-0.39, 0.29) is 23.8 Å². The monoisotopic (exact) mass is 298 g/mol. The molecule has 2 amide bonds. The number of ether oxygens (including phenoxy) is 1. The minimum Gasteiger partial charge on any atom is -0.393 e. The van der Waals surface area contributed by atoms with Crippen LogP contribution in [0.25, 0.3) is 0 Å². The molecule has 2 atom stereocenters. The van der Waals surface area contributed by atoms with Crippen molar-refractivity contribution in [1.82, 2.24) is 10.6 Å². The van der Waals surface area contributed by atoms with E-state index in [1.54, 1.807) is 0 Å². The SMILES string of the molecule is CCC(O)CCNC(=O)NC1CCOC2(CCCCC2)C1.